The minimum atomic E-state index is -0.220. The first-order valence-electron chi connectivity index (χ1n) is 14.1. The van der Waals surface area contributed by atoms with Crippen molar-refractivity contribution in [3.05, 3.63) is 130 Å². The van der Waals surface area contributed by atoms with Crippen LogP contribution in [-0.4, -0.2) is 23.1 Å². The fraction of sp³-hybridized carbons (Fsp3) is 0.176. The molecule has 8 heteroatoms. The second-order valence-corrected chi connectivity index (χ2v) is 12.0. The van der Waals surface area contributed by atoms with Crippen molar-refractivity contribution in [1.29, 1.82) is 0 Å². The third-order valence-electron chi connectivity index (χ3n) is 8.49. The molecule has 2 aromatic heterocycles. The van der Waals surface area contributed by atoms with Crippen LogP contribution >= 0.6 is 24.2 Å². The molecule has 212 valence electrons. The number of H-pyrrole nitrogens is 2. The van der Waals surface area contributed by atoms with Gasteiger partial charge in [0.1, 0.15) is 11.6 Å². The Morgan fingerprint density at radius 2 is 1.00 bits per heavy atom. The number of nitrogens with one attached hydrogen (secondary N) is 4. The molecule has 0 bridgehead atoms. The highest BCUT2D eigenvalue weighted by molar-refractivity contribution is 7.99. The molecule has 0 radical (unpaired) electrons. The highest BCUT2D eigenvalue weighted by Crippen LogP contribution is 2.43. The average molecular weight is 599 g/mol. The second kappa shape index (κ2) is 10.9. The Kier molecular flexibility index (Phi) is 7.06. The van der Waals surface area contributed by atoms with Gasteiger partial charge < -0.3 is 20.6 Å². The van der Waals surface area contributed by atoms with Gasteiger partial charge in [0.2, 0.25) is 0 Å². The summed E-state index contributed by atoms with van der Waals surface area (Å²) in [6.45, 7) is 1.72. The predicted molar refractivity (Wildman–Crippen MR) is 168 cm³/mol. The van der Waals surface area contributed by atoms with Crippen LogP contribution in [0.4, 0.5) is 8.78 Å². The summed E-state index contributed by atoms with van der Waals surface area (Å²) >= 11 is 1.77. The fourth-order valence-corrected chi connectivity index (χ4v) is 7.70. The van der Waals surface area contributed by atoms with Crippen LogP contribution in [0.2, 0.25) is 0 Å². The van der Waals surface area contributed by atoms with E-state index in [2.05, 4.69) is 57.0 Å². The lowest BCUT2D eigenvalue weighted by atomic mass is 9.92. The van der Waals surface area contributed by atoms with E-state index < -0.39 is 0 Å². The molecule has 4 aromatic carbocycles. The van der Waals surface area contributed by atoms with Gasteiger partial charge in [-0.05, 0) is 47.5 Å². The largest absolute Gasteiger partial charge is 0.357 e. The van der Waals surface area contributed by atoms with E-state index in [1.165, 1.54) is 67.3 Å². The van der Waals surface area contributed by atoms with Crippen molar-refractivity contribution in [2.75, 3.05) is 13.1 Å². The first-order chi connectivity index (χ1) is 20.1. The highest BCUT2D eigenvalue weighted by Gasteiger charge is 2.28. The zero-order valence-corrected chi connectivity index (χ0v) is 24.3. The quantitative estimate of drug-likeness (QED) is 0.166. The van der Waals surface area contributed by atoms with Crippen LogP contribution in [0, 0.1) is 11.6 Å². The van der Waals surface area contributed by atoms with Crippen LogP contribution in [0.3, 0.4) is 0 Å². The van der Waals surface area contributed by atoms with Gasteiger partial charge in [0.25, 0.3) is 0 Å². The Balaban J connectivity index is 0.00000288. The molecule has 0 saturated carbocycles. The number of aromatic nitrogens is 2. The molecule has 0 fully saturated rings. The Morgan fingerprint density at radius 1 is 0.571 bits per heavy atom. The van der Waals surface area contributed by atoms with Gasteiger partial charge in [0.05, 0.1) is 23.1 Å². The van der Waals surface area contributed by atoms with Crippen molar-refractivity contribution in [2.45, 2.75) is 34.7 Å². The van der Waals surface area contributed by atoms with E-state index in [1.54, 1.807) is 11.8 Å². The first kappa shape index (κ1) is 27.2. The molecular formula is C34H29ClF2N4S. The van der Waals surface area contributed by atoms with Crippen LogP contribution in [0.15, 0.2) is 94.7 Å². The van der Waals surface area contributed by atoms with Gasteiger partial charge in [-0.25, -0.2) is 8.78 Å². The Labute approximate surface area is 252 Å². The SMILES string of the molecule is Cl.Fc1ccc(C2NCCc3[nH]c4c(Sc5cccc6c7c([nH]c56)CCNC7c5ccc(F)cc5)cccc4c32)cc1. The molecule has 6 aromatic rings. The van der Waals surface area contributed by atoms with Crippen LogP contribution in [-0.2, 0) is 12.8 Å². The molecular weight excluding hydrogens is 570 g/mol. The first-order valence-corrected chi connectivity index (χ1v) is 14.9. The summed E-state index contributed by atoms with van der Waals surface area (Å²) in [6, 6.07) is 26.7. The Hall–Kier alpha value is -3.62. The molecule has 4 heterocycles. The zero-order chi connectivity index (χ0) is 27.5. The normalized spacial score (nSPS) is 18.0. The van der Waals surface area contributed by atoms with Crippen molar-refractivity contribution in [3.8, 4) is 0 Å². The zero-order valence-electron chi connectivity index (χ0n) is 22.6. The number of benzene rings is 4. The topological polar surface area (TPSA) is 55.6 Å². The van der Waals surface area contributed by atoms with E-state index >= 15 is 0 Å². The number of aromatic amines is 2. The van der Waals surface area contributed by atoms with E-state index in [0.717, 1.165) is 48.1 Å². The predicted octanol–water partition coefficient (Wildman–Crippen LogP) is 7.97. The van der Waals surface area contributed by atoms with Crippen LogP contribution < -0.4 is 10.6 Å². The highest BCUT2D eigenvalue weighted by atomic mass is 35.5. The number of para-hydroxylation sites is 2. The summed E-state index contributed by atoms with van der Waals surface area (Å²) < 4.78 is 27.3. The molecule has 0 spiro atoms. The smallest absolute Gasteiger partial charge is 0.123 e. The molecule has 42 heavy (non-hydrogen) atoms. The van der Waals surface area contributed by atoms with Crippen LogP contribution in [0.1, 0.15) is 45.7 Å². The monoisotopic (exact) mass is 598 g/mol. The number of rotatable bonds is 4. The van der Waals surface area contributed by atoms with Crippen LogP contribution in [0.25, 0.3) is 21.8 Å². The molecule has 2 atom stereocenters. The molecule has 0 aliphatic carbocycles. The summed E-state index contributed by atoms with van der Waals surface area (Å²) in [5.74, 6) is -0.440. The van der Waals surface area contributed by atoms with Gasteiger partial charge in [-0.2, -0.15) is 0 Å². The number of fused-ring (bicyclic) bond motifs is 6. The Morgan fingerprint density at radius 3 is 1.43 bits per heavy atom. The summed E-state index contributed by atoms with van der Waals surface area (Å²) in [6.07, 6.45) is 1.84. The maximum atomic E-state index is 13.7. The van der Waals surface area contributed by atoms with Crippen molar-refractivity contribution in [1.82, 2.24) is 20.6 Å². The standard InChI is InChI=1S/C34H28F2N4S.ClH/c35-21-11-7-19(8-12-21)31-29-23-3-1-5-27(33(23)39-25(29)15-17-37-31)41-28-6-2-4-24-30-26(40-34(24)28)16-18-38-32(30)20-9-13-22(36)14-10-20;/h1-14,31-32,37-40H,15-18H2;1H. The van der Waals surface area contributed by atoms with E-state index in [1.807, 2.05) is 24.3 Å². The minimum absolute atomic E-state index is 0. The molecule has 0 saturated heterocycles. The van der Waals surface area contributed by atoms with Gasteiger partial charge >= 0.3 is 0 Å². The van der Waals surface area contributed by atoms with Gasteiger partial charge in [-0.1, -0.05) is 60.3 Å². The van der Waals surface area contributed by atoms with E-state index in [9.17, 15) is 8.78 Å². The third kappa shape index (κ3) is 4.52. The fourth-order valence-electron chi connectivity index (χ4n) is 6.64. The van der Waals surface area contributed by atoms with Gasteiger partial charge in [0.15, 0.2) is 0 Å². The lowest BCUT2D eigenvalue weighted by Gasteiger charge is -2.25. The second-order valence-electron chi connectivity index (χ2n) is 10.9. The lowest BCUT2D eigenvalue weighted by Crippen LogP contribution is -2.30. The summed E-state index contributed by atoms with van der Waals surface area (Å²) in [5, 5.41) is 9.70. The van der Waals surface area contributed by atoms with Crippen molar-refractivity contribution >= 4 is 46.0 Å². The van der Waals surface area contributed by atoms with Crippen molar-refractivity contribution in [2.24, 2.45) is 0 Å². The summed E-state index contributed by atoms with van der Waals surface area (Å²) in [5.41, 5.74) is 9.39. The maximum Gasteiger partial charge on any atom is 0.123 e. The minimum Gasteiger partial charge on any atom is -0.357 e. The van der Waals surface area contributed by atoms with E-state index in [-0.39, 0.29) is 36.1 Å². The molecule has 2 aliphatic heterocycles. The summed E-state index contributed by atoms with van der Waals surface area (Å²) in [7, 11) is 0. The lowest BCUT2D eigenvalue weighted by molar-refractivity contribution is 0.564. The summed E-state index contributed by atoms with van der Waals surface area (Å²) in [4.78, 5) is 9.86. The molecule has 0 amide bonds. The number of halogens is 3. The average Bonchev–Trinajstić information content (AvgIpc) is 3.58. The molecule has 2 aliphatic rings. The molecule has 8 rings (SSSR count). The number of hydrogen-bond acceptors (Lipinski definition) is 3. The molecule has 4 N–H and O–H groups in total. The third-order valence-corrected chi connectivity index (χ3v) is 9.61. The van der Waals surface area contributed by atoms with Gasteiger partial charge in [-0.15, -0.1) is 12.4 Å². The van der Waals surface area contributed by atoms with Crippen LogP contribution in [0.5, 0.6) is 0 Å². The number of hydrogen-bond donors (Lipinski definition) is 4. The maximum absolute atomic E-state index is 13.7. The van der Waals surface area contributed by atoms with Crippen molar-refractivity contribution < 1.29 is 8.78 Å². The molecule has 2 unspecified atom stereocenters. The molecule has 4 nitrogen and oxygen atoms in total. The van der Waals surface area contributed by atoms with Crippen molar-refractivity contribution in [3.63, 3.8) is 0 Å². The Bertz CT molecular complexity index is 1770. The van der Waals surface area contributed by atoms with E-state index in [4.69, 9.17) is 0 Å². The van der Waals surface area contributed by atoms with Gasteiger partial charge in [-0.3, -0.25) is 0 Å². The van der Waals surface area contributed by atoms with E-state index in [0.29, 0.717) is 0 Å². The van der Waals surface area contributed by atoms with Gasteiger partial charge in [0, 0.05) is 69.0 Å².